The molecule has 7 heteroatoms. The number of anilines is 1. The number of hydrogen-bond donors (Lipinski definition) is 1. The van der Waals surface area contributed by atoms with E-state index in [-0.39, 0.29) is 11.7 Å². The minimum Gasteiger partial charge on any atom is -0.398 e. The fraction of sp³-hybridized carbons (Fsp3) is 0. The molecule has 1 heterocycles. The number of nitrogens with two attached hydrogens (primary N) is 1. The van der Waals surface area contributed by atoms with Crippen LogP contribution in [0.25, 0.3) is 22.8 Å². The van der Waals surface area contributed by atoms with Crippen LogP contribution < -0.4 is 5.73 Å². The Bertz CT molecular complexity index is 754. The van der Waals surface area contributed by atoms with Crippen LogP contribution in [0, 0.1) is 11.6 Å². The van der Waals surface area contributed by atoms with Gasteiger partial charge >= 0.3 is 0 Å². The van der Waals surface area contributed by atoms with Gasteiger partial charge in [0.05, 0.1) is 0 Å². The number of halogens is 3. The Kier molecular flexibility index (Phi) is 3.42. The van der Waals surface area contributed by atoms with Crippen LogP contribution in [-0.4, -0.2) is 10.1 Å². The van der Waals surface area contributed by atoms with Gasteiger partial charge in [0.25, 0.3) is 5.89 Å². The summed E-state index contributed by atoms with van der Waals surface area (Å²) < 4.78 is 32.0. The first-order valence-corrected chi connectivity index (χ1v) is 6.68. The zero-order valence-electron chi connectivity index (χ0n) is 10.5. The van der Waals surface area contributed by atoms with E-state index in [1.54, 1.807) is 18.2 Å². The van der Waals surface area contributed by atoms with Crippen LogP contribution in [0.3, 0.4) is 0 Å². The number of aromatic nitrogens is 2. The Balaban J connectivity index is 1.99. The van der Waals surface area contributed by atoms with E-state index in [4.69, 9.17) is 10.3 Å². The lowest BCUT2D eigenvalue weighted by atomic mass is 10.2. The molecule has 0 atom stereocenters. The van der Waals surface area contributed by atoms with Crippen molar-refractivity contribution in [2.75, 3.05) is 5.73 Å². The zero-order valence-corrected chi connectivity index (χ0v) is 12.1. The second-order valence-electron chi connectivity index (χ2n) is 4.29. The second-order valence-corrected chi connectivity index (χ2v) is 5.14. The molecule has 0 unspecified atom stereocenters. The number of nitrogens with zero attached hydrogens (tertiary/aromatic N) is 2. The molecule has 106 valence electrons. The molecule has 2 N–H and O–H groups in total. The molecule has 0 saturated heterocycles. The van der Waals surface area contributed by atoms with Gasteiger partial charge in [0.1, 0.15) is 0 Å². The van der Waals surface area contributed by atoms with E-state index >= 15 is 0 Å². The van der Waals surface area contributed by atoms with Crippen molar-refractivity contribution in [3.05, 3.63) is 52.5 Å². The highest BCUT2D eigenvalue weighted by Crippen LogP contribution is 2.28. The molecular weight excluding hydrogens is 344 g/mol. The predicted octanol–water partition coefficient (Wildman–Crippen LogP) is 4.03. The maximum atomic E-state index is 13.2. The van der Waals surface area contributed by atoms with Crippen LogP contribution in [0.2, 0.25) is 0 Å². The lowest BCUT2D eigenvalue weighted by Crippen LogP contribution is -1.88. The van der Waals surface area contributed by atoms with Crippen molar-refractivity contribution in [3.63, 3.8) is 0 Å². The first-order valence-electron chi connectivity index (χ1n) is 5.89. The summed E-state index contributed by atoms with van der Waals surface area (Å²) >= 11 is 3.29. The van der Waals surface area contributed by atoms with Gasteiger partial charge < -0.3 is 10.3 Å². The molecule has 0 spiro atoms. The normalized spacial score (nSPS) is 10.8. The van der Waals surface area contributed by atoms with E-state index in [1.807, 2.05) is 0 Å². The van der Waals surface area contributed by atoms with Crippen molar-refractivity contribution in [3.8, 4) is 22.8 Å². The van der Waals surface area contributed by atoms with Gasteiger partial charge in [-0.25, -0.2) is 8.78 Å². The van der Waals surface area contributed by atoms with Crippen LogP contribution in [0.4, 0.5) is 14.5 Å². The molecule has 1 aromatic heterocycles. The summed E-state index contributed by atoms with van der Waals surface area (Å²) in [6.07, 6.45) is 0. The van der Waals surface area contributed by atoms with Crippen molar-refractivity contribution in [1.29, 1.82) is 0 Å². The number of rotatable bonds is 2. The van der Waals surface area contributed by atoms with Gasteiger partial charge in [-0.3, -0.25) is 0 Å². The summed E-state index contributed by atoms with van der Waals surface area (Å²) in [7, 11) is 0. The Labute approximate surface area is 126 Å². The fourth-order valence-corrected chi connectivity index (χ4v) is 2.02. The molecule has 0 fully saturated rings. The van der Waals surface area contributed by atoms with Crippen molar-refractivity contribution in [2.24, 2.45) is 0 Å². The highest BCUT2D eigenvalue weighted by atomic mass is 79.9. The zero-order chi connectivity index (χ0) is 15.0. The van der Waals surface area contributed by atoms with E-state index in [0.717, 1.165) is 16.6 Å². The Morgan fingerprint density at radius 1 is 1.00 bits per heavy atom. The maximum Gasteiger partial charge on any atom is 0.258 e. The summed E-state index contributed by atoms with van der Waals surface area (Å²) in [6.45, 7) is 0. The molecule has 4 nitrogen and oxygen atoms in total. The fourth-order valence-electron chi connectivity index (χ4n) is 1.77. The van der Waals surface area contributed by atoms with E-state index < -0.39 is 11.6 Å². The maximum absolute atomic E-state index is 13.2. The van der Waals surface area contributed by atoms with Gasteiger partial charge in [0.2, 0.25) is 5.82 Å². The molecule has 0 saturated carbocycles. The third kappa shape index (κ3) is 2.64. The van der Waals surface area contributed by atoms with Gasteiger partial charge in [0, 0.05) is 21.3 Å². The van der Waals surface area contributed by atoms with Crippen LogP contribution in [0.1, 0.15) is 0 Å². The Morgan fingerprint density at radius 2 is 1.76 bits per heavy atom. The molecule has 2 aromatic carbocycles. The minimum atomic E-state index is -0.966. The van der Waals surface area contributed by atoms with Crippen molar-refractivity contribution in [2.45, 2.75) is 0 Å². The van der Waals surface area contributed by atoms with Gasteiger partial charge in [-0.2, -0.15) is 4.98 Å². The number of nitrogen functional groups attached to an aromatic ring is 1. The molecule has 21 heavy (non-hydrogen) atoms. The number of benzene rings is 2. The van der Waals surface area contributed by atoms with E-state index in [9.17, 15) is 8.78 Å². The summed E-state index contributed by atoms with van der Waals surface area (Å²) in [6, 6.07) is 8.59. The summed E-state index contributed by atoms with van der Waals surface area (Å²) in [5.41, 5.74) is 7.28. The molecule has 3 aromatic rings. The highest BCUT2D eigenvalue weighted by Gasteiger charge is 2.13. The average molecular weight is 352 g/mol. The average Bonchev–Trinajstić information content (AvgIpc) is 2.94. The molecule has 0 aliphatic heterocycles. The molecular formula is C14H8BrF2N3O. The summed E-state index contributed by atoms with van der Waals surface area (Å²) in [5.74, 6) is -1.48. The quantitative estimate of drug-likeness (QED) is 0.708. The van der Waals surface area contributed by atoms with E-state index in [1.165, 1.54) is 6.07 Å². The Morgan fingerprint density at radius 3 is 2.48 bits per heavy atom. The standard InChI is InChI=1S/C14H8BrF2N3O/c15-9-3-1-8(6-12(9)18)14-19-13(20-21-14)7-2-4-10(16)11(17)5-7/h1-6H,18H2. The minimum absolute atomic E-state index is 0.172. The molecule has 3 rings (SSSR count). The van der Waals surface area contributed by atoms with Crippen LogP contribution in [-0.2, 0) is 0 Å². The summed E-state index contributed by atoms with van der Waals surface area (Å²) in [5, 5.41) is 3.76. The van der Waals surface area contributed by atoms with Crippen molar-refractivity contribution >= 4 is 21.6 Å². The van der Waals surface area contributed by atoms with Gasteiger partial charge in [-0.05, 0) is 52.3 Å². The molecule has 0 bridgehead atoms. The Hall–Kier alpha value is -2.28. The van der Waals surface area contributed by atoms with Crippen LogP contribution in [0.15, 0.2) is 45.4 Å². The van der Waals surface area contributed by atoms with E-state index in [0.29, 0.717) is 16.8 Å². The van der Waals surface area contributed by atoms with E-state index in [2.05, 4.69) is 26.1 Å². The third-order valence-corrected chi connectivity index (χ3v) is 3.57. The third-order valence-electron chi connectivity index (χ3n) is 2.85. The van der Waals surface area contributed by atoms with Gasteiger partial charge in [-0.1, -0.05) is 5.16 Å². The molecule has 0 radical (unpaired) electrons. The summed E-state index contributed by atoms with van der Waals surface area (Å²) in [4.78, 5) is 4.15. The predicted molar refractivity (Wildman–Crippen MR) is 77.2 cm³/mol. The smallest absolute Gasteiger partial charge is 0.258 e. The monoisotopic (exact) mass is 351 g/mol. The lowest BCUT2D eigenvalue weighted by molar-refractivity contribution is 0.432. The lowest BCUT2D eigenvalue weighted by Gasteiger charge is -1.99. The first-order chi connectivity index (χ1) is 10.0. The topological polar surface area (TPSA) is 64.9 Å². The molecule has 0 amide bonds. The SMILES string of the molecule is Nc1cc(-c2nc(-c3ccc(F)c(F)c3)no2)ccc1Br. The largest absolute Gasteiger partial charge is 0.398 e. The molecule has 0 aliphatic rings. The molecule has 0 aliphatic carbocycles. The highest BCUT2D eigenvalue weighted by molar-refractivity contribution is 9.10. The van der Waals surface area contributed by atoms with Gasteiger partial charge in [0.15, 0.2) is 11.6 Å². The van der Waals surface area contributed by atoms with Crippen molar-refractivity contribution < 1.29 is 13.3 Å². The van der Waals surface area contributed by atoms with Gasteiger partial charge in [-0.15, -0.1) is 0 Å². The van der Waals surface area contributed by atoms with Crippen LogP contribution in [0.5, 0.6) is 0 Å². The van der Waals surface area contributed by atoms with Crippen molar-refractivity contribution in [1.82, 2.24) is 10.1 Å². The van der Waals surface area contributed by atoms with Crippen LogP contribution >= 0.6 is 15.9 Å². The second kappa shape index (κ2) is 5.25. The number of hydrogen-bond acceptors (Lipinski definition) is 4. The first kappa shape index (κ1) is 13.7.